The highest BCUT2D eigenvalue weighted by Crippen LogP contribution is 2.26. The van der Waals surface area contributed by atoms with Gasteiger partial charge in [0.2, 0.25) is 0 Å². The highest BCUT2D eigenvalue weighted by Gasteiger charge is 2.20. The molecule has 0 unspecified atom stereocenters. The van der Waals surface area contributed by atoms with Crippen LogP contribution >= 0.6 is 11.6 Å². The fourth-order valence-corrected chi connectivity index (χ4v) is 3.08. The second-order valence-electron chi connectivity index (χ2n) is 4.17. The van der Waals surface area contributed by atoms with Gasteiger partial charge in [-0.05, 0) is 30.3 Å². The van der Waals surface area contributed by atoms with E-state index in [-0.39, 0.29) is 9.92 Å². The number of rotatable bonds is 4. The first-order chi connectivity index (χ1) is 10.4. The quantitative estimate of drug-likeness (QED) is 0.791. The Morgan fingerprint density at radius 1 is 1.23 bits per heavy atom. The number of sulfonamides is 1. The highest BCUT2D eigenvalue weighted by atomic mass is 35.5. The third-order valence-electron chi connectivity index (χ3n) is 2.61. The minimum Gasteiger partial charge on any atom is -0.340 e. The molecule has 9 heteroatoms. The Hall–Kier alpha value is -2.32. The van der Waals surface area contributed by atoms with Gasteiger partial charge >= 0.3 is 6.03 Å². The Balaban J connectivity index is 2.33. The second kappa shape index (κ2) is 6.63. The van der Waals surface area contributed by atoms with Crippen LogP contribution in [0.1, 0.15) is 0 Å². The Labute approximate surface area is 132 Å². The van der Waals surface area contributed by atoms with Crippen LogP contribution in [-0.2, 0) is 10.0 Å². The molecule has 116 valence electrons. The molecule has 1 aromatic carbocycles. The number of nitrogens with one attached hydrogen (secondary N) is 3. The van der Waals surface area contributed by atoms with Crippen LogP contribution < -0.4 is 15.4 Å². The van der Waals surface area contributed by atoms with Gasteiger partial charge in [0.05, 0.1) is 5.02 Å². The van der Waals surface area contributed by atoms with Gasteiger partial charge in [-0.2, -0.15) is 0 Å². The van der Waals surface area contributed by atoms with Gasteiger partial charge in [-0.15, -0.1) is 0 Å². The zero-order valence-electron chi connectivity index (χ0n) is 11.5. The van der Waals surface area contributed by atoms with Crippen LogP contribution in [-0.4, -0.2) is 26.5 Å². The number of hydrogen-bond donors (Lipinski definition) is 3. The summed E-state index contributed by atoms with van der Waals surface area (Å²) in [6.07, 6.45) is 1.60. The first kappa shape index (κ1) is 16.1. The van der Waals surface area contributed by atoms with E-state index in [0.29, 0.717) is 11.5 Å². The van der Waals surface area contributed by atoms with Gasteiger partial charge in [-0.25, -0.2) is 22.9 Å². The van der Waals surface area contributed by atoms with E-state index in [1.165, 1.54) is 19.2 Å². The predicted octanol–water partition coefficient (Wildman–Crippen LogP) is 2.10. The highest BCUT2D eigenvalue weighted by molar-refractivity contribution is 7.90. The molecule has 0 fully saturated rings. The number of benzene rings is 1. The number of carbonyl (C=O) groups is 1. The van der Waals surface area contributed by atoms with Crippen molar-refractivity contribution < 1.29 is 13.2 Å². The van der Waals surface area contributed by atoms with Crippen molar-refractivity contribution >= 4 is 39.2 Å². The van der Waals surface area contributed by atoms with E-state index in [1.807, 2.05) is 4.72 Å². The van der Waals surface area contributed by atoms with Crippen LogP contribution in [0.5, 0.6) is 0 Å². The molecular weight excluding hydrogens is 328 g/mol. The fraction of sp³-hybridized carbons (Fsp3) is 0.0769. The minimum absolute atomic E-state index is 0.00275. The molecule has 0 spiro atoms. The maximum Gasteiger partial charge on any atom is 0.328 e. The van der Waals surface area contributed by atoms with E-state index in [9.17, 15) is 13.2 Å². The van der Waals surface area contributed by atoms with E-state index in [1.54, 1.807) is 30.5 Å². The van der Waals surface area contributed by atoms with Crippen molar-refractivity contribution in [1.82, 2.24) is 15.0 Å². The van der Waals surface area contributed by atoms with Gasteiger partial charge in [0.1, 0.15) is 10.7 Å². The van der Waals surface area contributed by atoms with Crippen LogP contribution in [0.3, 0.4) is 0 Å². The number of anilines is 2. The van der Waals surface area contributed by atoms with Gasteiger partial charge in [-0.3, -0.25) is 0 Å². The molecule has 2 amide bonds. The molecule has 2 aromatic rings. The Morgan fingerprint density at radius 3 is 2.64 bits per heavy atom. The van der Waals surface area contributed by atoms with Crippen LogP contribution in [0.15, 0.2) is 47.5 Å². The third kappa shape index (κ3) is 3.86. The van der Waals surface area contributed by atoms with Gasteiger partial charge in [0.15, 0.2) is 0 Å². The number of carbonyl (C=O) groups excluding carboxylic acids is 1. The van der Waals surface area contributed by atoms with E-state index in [4.69, 9.17) is 11.6 Å². The number of pyridine rings is 1. The van der Waals surface area contributed by atoms with Gasteiger partial charge in [0, 0.05) is 18.9 Å². The van der Waals surface area contributed by atoms with Gasteiger partial charge in [-0.1, -0.05) is 17.7 Å². The summed E-state index contributed by atoms with van der Waals surface area (Å²) >= 11 is 5.92. The number of halogens is 1. The Kier molecular flexibility index (Phi) is 4.84. The normalized spacial score (nSPS) is 10.8. The number of nitrogens with zero attached hydrogens (tertiary/aromatic N) is 1. The molecule has 3 N–H and O–H groups in total. The van der Waals surface area contributed by atoms with E-state index >= 15 is 0 Å². The summed E-state index contributed by atoms with van der Waals surface area (Å²) in [7, 11) is -2.76. The lowest BCUT2D eigenvalue weighted by atomic mass is 10.3. The molecule has 0 aliphatic rings. The molecule has 2 rings (SSSR count). The fourth-order valence-electron chi connectivity index (χ4n) is 1.60. The van der Waals surface area contributed by atoms with Crippen molar-refractivity contribution in [3.63, 3.8) is 0 Å². The van der Waals surface area contributed by atoms with E-state index in [0.717, 1.165) is 0 Å². The van der Waals surface area contributed by atoms with E-state index in [2.05, 4.69) is 15.6 Å². The minimum atomic E-state index is -4.07. The van der Waals surface area contributed by atoms with Crippen molar-refractivity contribution in [1.29, 1.82) is 0 Å². The molecule has 0 saturated carbocycles. The molecule has 0 atom stereocenters. The summed E-state index contributed by atoms with van der Waals surface area (Å²) in [5.41, 5.74) is 0.473. The largest absolute Gasteiger partial charge is 0.340 e. The molecular formula is C13H13ClN4O3S. The lowest BCUT2D eigenvalue weighted by Crippen LogP contribution is -2.37. The number of urea groups is 1. The van der Waals surface area contributed by atoms with Crippen molar-refractivity contribution in [2.24, 2.45) is 0 Å². The average molecular weight is 341 g/mol. The Bertz CT molecular complexity index is 781. The standard InChI is InChI=1S/C13H13ClN4O3S/c1-15-13(19)18-22(20,21)11-8-9(5-6-10(11)14)17-12-4-2-3-7-16-12/h2-8H,1H3,(H,16,17)(H2,15,18,19). The molecule has 22 heavy (non-hydrogen) atoms. The third-order valence-corrected chi connectivity index (χ3v) is 4.42. The maximum absolute atomic E-state index is 12.1. The van der Waals surface area contributed by atoms with Gasteiger partial charge < -0.3 is 10.6 Å². The molecule has 1 heterocycles. The van der Waals surface area contributed by atoms with Gasteiger partial charge in [0.25, 0.3) is 10.0 Å². The summed E-state index contributed by atoms with van der Waals surface area (Å²) < 4.78 is 26.1. The van der Waals surface area contributed by atoms with Crippen LogP contribution in [0.25, 0.3) is 0 Å². The number of aromatic nitrogens is 1. The number of amides is 2. The lowest BCUT2D eigenvalue weighted by molar-refractivity contribution is 0.248. The zero-order valence-corrected chi connectivity index (χ0v) is 13.1. The molecule has 0 saturated heterocycles. The molecule has 7 nitrogen and oxygen atoms in total. The predicted molar refractivity (Wildman–Crippen MR) is 83.7 cm³/mol. The molecule has 0 aliphatic carbocycles. The van der Waals surface area contributed by atoms with Crippen LogP contribution in [0.2, 0.25) is 5.02 Å². The number of hydrogen-bond acceptors (Lipinski definition) is 5. The summed E-state index contributed by atoms with van der Waals surface area (Å²) in [5, 5.41) is 5.12. The van der Waals surface area contributed by atoms with Crippen molar-refractivity contribution in [3.05, 3.63) is 47.6 Å². The molecule has 0 radical (unpaired) electrons. The average Bonchev–Trinajstić information content (AvgIpc) is 2.49. The first-order valence-electron chi connectivity index (χ1n) is 6.14. The van der Waals surface area contributed by atoms with Crippen molar-refractivity contribution in [3.8, 4) is 0 Å². The maximum atomic E-state index is 12.1. The molecule has 1 aromatic heterocycles. The second-order valence-corrected chi connectivity index (χ2v) is 6.23. The SMILES string of the molecule is CNC(=O)NS(=O)(=O)c1cc(Nc2ccccn2)ccc1Cl. The van der Waals surface area contributed by atoms with Crippen LogP contribution in [0.4, 0.5) is 16.3 Å². The lowest BCUT2D eigenvalue weighted by Gasteiger charge is -2.11. The first-order valence-corrected chi connectivity index (χ1v) is 8.00. The zero-order chi connectivity index (χ0) is 16.2. The summed E-state index contributed by atoms with van der Waals surface area (Å²) in [5.74, 6) is 0.549. The monoisotopic (exact) mass is 340 g/mol. The Morgan fingerprint density at radius 2 is 2.00 bits per heavy atom. The smallest absolute Gasteiger partial charge is 0.328 e. The molecule has 0 aliphatic heterocycles. The summed E-state index contributed by atoms with van der Waals surface area (Å²) in [6, 6.07) is 8.78. The van der Waals surface area contributed by atoms with Crippen molar-refractivity contribution in [2.75, 3.05) is 12.4 Å². The topological polar surface area (TPSA) is 100 Å². The van der Waals surface area contributed by atoms with E-state index < -0.39 is 16.1 Å². The summed E-state index contributed by atoms with van der Waals surface area (Å²) in [6.45, 7) is 0. The molecule has 0 bridgehead atoms. The van der Waals surface area contributed by atoms with Crippen LogP contribution in [0, 0.1) is 0 Å². The summed E-state index contributed by atoms with van der Waals surface area (Å²) in [4.78, 5) is 15.1. The van der Waals surface area contributed by atoms with Crippen molar-refractivity contribution in [2.45, 2.75) is 4.90 Å².